The molecule has 0 saturated carbocycles. The zero-order valence-corrected chi connectivity index (χ0v) is 12.1. The fourth-order valence-corrected chi connectivity index (χ4v) is 2.95. The van der Waals surface area contributed by atoms with Crippen LogP contribution in [-0.2, 0) is 4.74 Å². The van der Waals surface area contributed by atoms with Crippen molar-refractivity contribution < 1.29 is 9.13 Å². The Morgan fingerprint density at radius 2 is 2.18 bits per heavy atom. The van der Waals surface area contributed by atoms with E-state index in [4.69, 9.17) is 4.74 Å². The van der Waals surface area contributed by atoms with E-state index in [1.807, 2.05) is 6.07 Å². The summed E-state index contributed by atoms with van der Waals surface area (Å²) in [6, 6.07) is 7.01. The van der Waals surface area contributed by atoms with Gasteiger partial charge in [-0.1, -0.05) is 0 Å². The number of nitrogens with zero attached hydrogens (tertiary/aromatic N) is 3. The average molecular weight is 300 g/mol. The van der Waals surface area contributed by atoms with Gasteiger partial charge in [0.25, 0.3) is 0 Å². The minimum atomic E-state index is -0.277. The predicted molar refractivity (Wildman–Crippen MR) is 82.5 cm³/mol. The van der Waals surface area contributed by atoms with E-state index in [0.717, 1.165) is 49.2 Å². The third kappa shape index (κ3) is 2.50. The van der Waals surface area contributed by atoms with Crippen LogP contribution in [0.15, 0.2) is 30.6 Å². The summed E-state index contributed by atoms with van der Waals surface area (Å²) in [5.41, 5.74) is 1.57. The van der Waals surface area contributed by atoms with E-state index >= 15 is 0 Å². The SMILES string of the molecule is Fc1ccc2c(c1)nn1cnc(NC3CCCOCC3)cc21. The summed E-state index contributed by atoms with van der Waals surface area (Å²) in [6.45, 7) is 1.62. The van der Waals surface area contributed by atoms with Crippen LogP contribution in [0.5, 0.6) is 0 Å². The molecule has 4 rings (SSSR count). The van der Waals surface area contributed by atoms with Gasteiger partial charge in [-0.05, 0) is 31.4 Å². The zero-order valence-electron chi connectivity index (χ0n) is 12.1. The summed E-state index contributed by atoms with van der Waals surface area (Å²) < 4.78 is 20.5. The molecule has 1 unspecified atom stereocenters. The summed E-state index contributed by atoms with van der Waals surface area (Å²) in [6.07, 6.45) is 4.80. The Bertz CT molecular complexity index is 808. The zero-order chi connectivity index (χ0) is 14.9. The second-order valence-corrected chi connectivity index (χ2v) is 5.65. The number of aromatic nitrogens is 3. The van der Waals surface area contributed by atoms with Crippen LogP contribution in [0, 0.1) is 5.82 Å². The standard InChI is InChI=1S/C16H17FN4O/c17-11-3-4-13-14(8-11)20-21-10-18-16(9-15(13)21)19-12-2-1-6-22-7-5-12/h3-4,8-10,12,19H,1-2,5-7H2. The number of hydrogen-bond acceptors (Lipinski definition) is 4. The summed E-state index contributed by atoms with van der Waals surface area (Å²) in [4.78, 5) is 4.40. The van der Waals surface area contributed by atoms with Crippen molar-refractivity contribution >= 4 is 22.2 Å². The Morgan fingerprint density at radius 1 is 1.23 bits per heavy atom. The molecule has 0 amide bonds. The van der Waals surface area contributed by atoms with Crippen LogP contribution >= 0.6 is 0 Å². The fourth-order valence-electron chi connectivity index (χ4n) is 2.95. The Morgan fingerprint density at radius 3 is 3.14 bits per heavy atom. The number of anilines is 1. The molecule has 1 saturated heterocycles. The first-order chi connectivity index (χ1) is 10.8. The van der Waals surface area contributed by atoms with Crippen molar-refractivity contribution in [1.29, 1.82) is 0 Å². The van der Waals surface area contributed by atoms with Crippen LogP contribution in [0.3, 0.4) is 0 Å². The number of hydrogen-bond donors (Lipinski definition) is 1. The topological polar surface area (TPSA) is 51.5 Å². The van der Waals surface area contributed by atoms with E-state index in [0.29, 0.717) is 11.6 Å². The highest BCUT2D eigenvalue weighted by atomic mass is 19.1. The lowest BCUT2D eigenvalue weighted by Crippen LogP contribution is -2.20. The average Bonchev–Trinajstić information content (AvgIpc) is 2.68. The molecule has 0 spiro atoms. The number of nitrogens with one attached hydrogen (secondary N) is 1. The largest absolute Gasteiger partial charge is 0.381 e. The van der Waals surface area contributed by atoms with Crippen LogP contribution in [0.4, 0.5) is 10.2 Å². The van der Waals surface area contributed by atoms with Crippen LogP contribution < -0.4 is 5.32 Å². The first kappa shape index (κ1) is 13.5. The monoisotopic (exact) mass is 300 g/mol. The predicted octanol–water partition coefficient (Wildman–Crippen LogP) is 3.00. The highest BCUT2D eigenvalue weighted by Crippen LogP contribution is 2.22. The van der Waals surface area contributed by atoms with Gasteiger partial charge in [0, 0.05) is 36.8 Å². The molecule has 2 aromatic heterocycles. The Labute approximate surface area is 127 Å². The third-order valence-electron chi connectivity index (χ3n) is 4.08. The number of halogens is 1. The van der Waals surface area contributed by atoms with Gasteiger partial charge in [-0.3, -0.25) is 0 Å². The molecule has 1 aliphatic heterocycles. The molecule has 0 aliphatic carbocycles. The molecule has 3 heterocycles. The Hall–Kier alpha value is -2.21. The summed E-state index contributed by atoms with van der Waals surface area (Å²) in [5.74, 6) is 0.547. The molecule has 1 atom stereocenters. The molecule has 3 aromatic rings. The van der Waals surface area contributed by atoms with Crippen molar-refractivity contribution in [3.05, 3.63) is 36.4 Å². The molecule has 22 heavy (non-hydrogen) atoms. The van der Waals surface area contributed by atoms with Gasteiger partial charge < -0.3 is 10.1 Å². The minimum absolute atomic E-state index is 0.277. The van der Waals surface area contributed by atoms with Crippen LogP contribution in [0.2, 0.25) is 0 Å². The smallest absolute Gasteiger partial charge is 0.130 e. The molecule has 1 N–H and O–H groups in total. The van der Waals surface area contributed by atoms with Crippen molar-refractivity contribution in [3.63, 3.8) is 0 Å². The van der Waals surface area contributed by atoms with Gasteiger partial charge in [0.1, 0.15) is 18.0 Å². The van der Waals surface area contributed by atoms with Gasteiger partial charge in [-0.25, -0.2) is 13.9 Å². The summed E-state index contributed by atoms with van der Waals surface area (Å²) in [7, 11) is 0. The lowest BCUT2D eigenvalue weighted by Gasteiger charge is -2.16. The maximum absolute atomic E-state index is 13.3. The molecule has 0 radical (unpaired) electrons. The van der Waals surface area contributed by atoms with Crippen LogP contribution in [0.25, 0.3) is 16.4 Å². The van der Waals surface area contributed by atoms with E-state index in [2.05, 4.69) is 15.4 Å². The molecule has 1 fully saturated rings. The number of rotatable bonds is 2. The Kier molecular flexibility index (Phi) is 3.38. The quantitative estimate of drug-likeness (QED) is 0.790. The maximum Gasteiger partial charge on any atom is 0.130 e. The highest BCUT2D eigenvalue weighted by molar-refractivity contribution is 5.94. The highest BCUT2D eigenvalue weighted by Gasteiger charge is 2.14. The lowest BCUT2D eigenvalue weighted by molar-refractivity contribution is 0.144. The van der Waals surface area contributed by atoms with E-state index < -0.39 is 0 Å². The lowest BCUT2D eigenvalue weighted by atomic mass is 10.1. The van der Waals surface area contributed by atoms with E-state index in [9.17, 15) is 4.39 Å². The summed E-state index contributed by atoms with van der Waals surface area (Å²) in [5, 5.41) is 8.74. The molecule has 1 aliphatic rings. The van der Waals surface area contributed by atoms with Gasteiger partial charge in [0.2, 0.25) is 0 Å². The van der Waals surface area contributed by atoms with Crippen molar-refractivity contribution in [2.75, 3.05) is 18.5 Å². The van der Waals surface area contributed by atoms with E-state index in [1.54, 1.807) is 16.9 Å². The molecular formula is C16H17FN4O. The Balaban J connectivity index is 1.68. The third-order valence-corrected chi connectivity index (χ3v) is 4.08. The van der Waals surface area contributed by atoms with Crippen molar-refractivity contribution in [2.45, 2.75) is 25.3 Å². The van der Waals surface area contributed by atoms with E-state index in [-0.39, 0.29) is 5.82 Å². The van der Waals surface area contributed by atoms with Gasteiger partial charge in [0.15, 0.2) is 0 Å². The molecule has 5 nitrogen and oxygen atoms in total. The number of benzene rings is 1. The van der Waals surface area contributed by atoms with Crippen molar-refractivity contribution in [3.8, 4) is 0 Å². The second kappa shape index (κ2) is 5.53. The van der Waals surface area contributed by atoms with Gasteiger partial charge in [0.05, 0.1) is 11.0 Å². The van der Waals surface area contributed by atoms with Gasteiger partial charge >= 0.3 is 0 Å². The van der Waals surface area contributed by atoms with Gasteiger partial charge in [-0.15, -0.1) is 0 Å². The minimum Gasteiger partial charge on any atom is -0.381 e. The maximum atomic E-state index is 13.3. The molecule has 6 heteroatoms. The summed E-state index contributed by atoms with van der Waals surface area (Å²) >= 11 is 0. The van der Waals surface area contributed by atoms with Crippen LogP contribution in [0.1, 0.15) is 19.3 Å². The first-order valence-electron chi connectivity index (χ1n) is 7.57. The van der Waals surface area contributed by atoms with Crippen molar-refractivity contribution in [2.24, 2.45) is 0 Å². The van der Waals surface area contributed by atoms with Crippen LogP contribution in [-0.4, -0.2) is 33.9 Å². The van der Waals surface area contributed by atoms with E-state index in [1.165, 1.54) is 12.1 Å². The fraction of sp³-hybridized carbons (Fsp3) is 0.375. The van der Waals surface area contributed by atoms with Crippen molar-refractivity contribution in [1.82, 2.24) is 14.6 Å². The second-order valence-electron chi connectivity index (χ2n) is 5.65. The normalized spacial score (nSPS) is 19.4. The van der Waals surface area contributed by atoms with Gasteiger partial charge in [-0.2, -0.15) is 5.10 Å². The first-order valence-corrected chi connectivity index (χ1v) is 7.57. The molecular weight excluding hydrogens is 283 g/mol. The number of ether oxygens (including phenoxy) is 1. The molecule has 0 bridgehead atoms. The molecule has 1 aromatic carbocycles. The molecule has 114 valence electrons. The number of fused-ring (bicyclic) bond motifs is 3.